The van der Waals surface area contributed by atoms with Crippen molar-refractivity contribution < 1.29 is 0 Å². The molecule has 1 heterocycles. The van der Waals surface area contributed by atoms with Crippen LogP contribution in [0, 0.1) is 0 Å². The number of nitrogens with one attached hydrogen (secondary N) is 1. The maximum atomic E-state index is 10.1. The van der Waals surface area contributed by atoms with Crippen molar-refractivity contribution in [2.75, 3.05) is 0 Å². The van der Waals surface area contributed by atoms with E-state index in [-0.39, 0.29) is 5.69 Å². The maximum Gasteiger partial charge on any atom is 0.344 e. The van der Waals surface area contributed by atoms with Crippen LogP contribution in [-0.2, 0) is 0 Å². The lowest BCUT2D eigenvalue weighted by Crippen LogP contribution is -2.05. The highest BCUT2D eigenvalue weighted by Crippen LogP contribution is 1.60. The molecule has 1 N–H and O–H groups in total. The number of H-pyrrole nitrogens is 1. The summed E-state index contributed by atoms with van der Waals surface area (Å²) in [6, 6.07) is 1.65. The van der Waals surface area contributed by atoms with Gasteiger partial charge in [-0.1, -0.05) is 0 Å². The molecule has 0 saturated carbocycles. The monoisotopic (exact) mass is 97.0 g/mol. The molecule has 0 fully saturated rings. The van der Waals surface area contributed by atoms with Gasteiger partial charge < -0.3 is 4.98 Å². The molecule has 0 spiro atoms. The normalized spacial score (nSPS) is 8.57. The Balaban J connectivity index is 3.28. The van der Waals surface area contributed by atoms with Crippen LogP contribution < -0.4 is 5.69 Å². The summed E-state index contributed by atoms with van der Waals surface area (Å²) >= 11 is 0. The minimum Gasteiger partial charge on any atom is -0.313 e. The summed E-state index contributed by atoms with van der Waals surface area (Å²) in [5.74, 6) is 0. The van der Waals surface area contributed by atoms with E-state index in [2.05, 4.69) is 9.97 Å². The predicted molar refractivity (Wildman–Crippen MR) is 24.9 cm³/mol. The molecule has 3 heteroatoms. The van der Waals surface area contributed by atoms with Crippen LogP contribution in [0.15, 0.2) is 23.3 Å². The highest BCUT2D eigenvalue weighted by Gasteiger charge is 1.70. The second-order valence-corrected chi connectivity index (χ2v) is 1.09. The van der Waals surface area contributed by atoms with E-state index in [4.69, 9.17) is 0 Å². The van der Waals surface area contributed by atoms with E-state index in [9.17, 15) is 4.79 Å². The fourth-order valence-electron chi connectivity index (χ4n) is 0.310. The van der Waals surface area contributed by atoms with Crippen LogP contribution in [0.25, 0.3) is 0 Å². The Bertz CT molecular complexity index is 175. The van der Waals surface area contributed by atoms with E-state index in [0.29, 0.717) is 0 Å². The highest BCUT2D eigenvalue weighted by molar-refractivity contribution is 4.75. The Morgan fingerprint density at radius 2 is 2.57 bits per heavy atom. The van der Waals surface area contributed by atoms with Gasteiger partial charge in [0, 0.05) is 12.4 Å². The molecule has 0 saturated heterocycles. The van der Waals surface area contributed by atoms with Crippen molar-refractivity contribution in [1.82, 2.24) is 9.97 Å². The molecule has 0 atom stereocenters. The molecule has 0 aliphatic rings. The molecule has 36 valence electrons. The number of aromatic nitrogens is 2. The SMILES string of the molecule is [17O]=c1nccc[nH]1. The highest BCUT2D eigenvalue weighted by atomic mass is 17.1. The first-order valence-electron chi connectivity index (χ1n) is 1.89. The standard InChI is InChI=1S/C4H4N2O/c7-4-5-2-1-3-6-4/h1-3H,(H,5,6,7)/i7+1. The number of nitrogens with zero attached hydrogens (tertiary/aromatic N) is 1. The number of hydrogen-bond donors (Lipinski definition) is 1. The van der Waals surface area contributed by atoms with Crippen LogP contribution in [0.4, 0.5) is 0 Å². The first kappa shape index (κ1) is 4.05. The first-order valence-corrected chi connectivity index (χ1v) is 1.89. The van der Waals surface area contributed by atoms with Gasteiger partial charge in [-0.15, -0.1) is 0 Å². The van der Waals surface area contributed by atoms with Crippen LogP contribution in [0.3, 0.4) is 0 Å². The smallest absolute Gasteiger partial charge is 0.313 e. The topological polar surface area (TPSA) is 45.8 Å². The average molecular weight is 97.1 g/mol. The summed E-state index contributed by atoms with van der Waals surface area (Å²) in [5, 5.41) is 0. The molecule has 1 rings (SSSR count). The van der Waals surface area contributed by atoms with E-state index in [0.717, 1.165) is 0 Å². The van der Waals surface area contributed by atoms with Crippen molar-refractivity contribution in [3.63, 3.8) is 0 Å². The third-order valence-corrected chi connectivity index (χ3v) is 0.581. The Morgan fingerprint density at radius 3 is 2.86 bits per heavy atom. The van der Waals surface area contributed by atoms with Gasteiger partial charge in [-0.3, -0.25) is 0 Å². The zero-order chi connectivity index (χ0) is 5.11. The molecule has 1 aromatic rings. The lowest BCUT2D eigenvalue weighted by Gasteiger charge is -1.72. The second kappa shape index (κ2) is 1.55. The molecular weight excluding hydrogens is 93.1 g/mol. The summed E-state index contributed by atoms with van der Waals surface area (Å²) in [6.07, 6.45) is 2.98. The number of hydrogen-bond acceptors (Lipinski definition) is 2. The molecule has 0 aromatic carbocycles. The van der Waals surface area contributed by atoms with Crippen molar-refractivity contribution in [3.8, 4) is 0 Å². The van der Waals surface area contributed by atoms with E-state index in [1.54, 1.807) is 6.07 Å². The van der Waals surface area contributed by atoms with Crippen LogP contribution in [-0.4, -0.2) is 9.97 Å². The van der Waals surface area contributed by atoms with E-state index >= 15 is 0 Å². The molecule has 0 aliphatic heterocycles. The maximum absolute atomic E-state index is 10.1. The van der Waals surface area contributed by atoms with Gasteiger partial charge in [-0.25, -0.2) is 9.78 Å². The van der Waals surface area contributed by atoms with Gasteiger partial charge in [0.15, 0.2) is 0 Å². The van der Waals surface area contributed by atoms with E-state index in [1.165, 1.54) is 12.4 Å². The Labute approximate surface area is 40.0 Å². The van der Waals surface area contributed by atoms with E-state index in [1.807, 2.05) is 0 Å². The molecule has 0 amide bonds. The molecule has 7 heavy (non-hydrogen) atoms. The zero-order valence-electron chi connectivity index (χ0n) is 3.59. The quantitative estimate of drug-likeness (QED) is 0.486. The summed E-state index contributed by atoms with van der Waals surface area (Å²) in [5.41, 5.74) is -0.303. The van der Waals surface area contributed by atoms with Crippen LogP contribution >= 0.6 is 0 Å². The molecule has 1 aromatic heterocycles. The summed E-state index contributed by atoms with van der Waals surface area (Å²) in [7, 11) is 0. The van der Waals surface area contributed by atoms with Gasteiger partial charge in [-0.2, -0.15) is 0 Å². The fraction of sp³-hybridized carbons (Fsp3) is 0. The molecular formula is C4H4N2O. The largest absolute Gasteiger partial charge is 0.344 e. The van der Waals surface area contributed by atoms with Crippen molar-refractivity contribution in [3.05, 3.63) is 28.9 Å². The van der Waals surface area contributed by atoms with Crippen molar-refractivity contribution >= 4 is 0 Å². The van der Waals surface area contributed by atoms with Gasteiger partial charge in [0.1, 0.15) is 0 Å². The Kier molecular flexibility index (Phi) is 0.898. The van der Waals surface area contributed by atoms with Crippen molar-refractivity contribution in [2.24, 2.45) is 0 Å². The number of aromatic amines is 1. The van der Waals surface area contributed by atoms with Gasteiger partial charge in [0.25, 0.3) is 0 Å². The lowest BCUT2D eigenvalue weighted by molar-refractivity contribution is 1.08. The average Bonchev–Trinajstić information content (AvgIpc) is 1.69. The summed E-state index contributed by atoms with van der Waals surface area (Å²) < 4.78 is 0. The van der Waals surface area contributed by atoms with Crippen LogP contribution in [0.1, 0.15) is 0 Å². The minimum absolute atomic E-state index is 0.303. The lowest BCUT2D eigenvalue weighted by atomic mass is 10.7. The predicted octanol–water partition coefficient (Wildman–Crippen LogP) is -0.230. The second-order valence-electron chi connectivity index (χ2n) is 1.09. The Hall–Kier alpha value is -1.12. The van der Waals surface area contributed by atoms with Crippen molar-refractivity contribution in [2.45, 2.75) is 0 Å². The third kappa shape index (κ3) is 0.855. The van der Waals surface area contributed by atoms with Gasteiger partial charge in [-0.05, 0) is 6.07 Å². The van der Waals surface area contributed by atoms with Gasteiger partial charge in [0.2, 0.25) is 0 Å². The summed E-state index contributed by atoms with van der Waals surface area (Å²) in [6.45, 7) is 0. The summed E-state index contributed by atoms with van der Waals surface area (Å²) in [4.78, 5) is 15.8. The van der Waals surface area contributed by atoms with Crippen LogP contribution in [0.2, 0.25) is 0 Å². The molecule has 0 bridgehead atoms. The zero-order valence-corrected chi connectivity index (χ0v) is 3.59. The molecule has 3 nitrogen and oxygen atoms in total. The van der Waals surface area contributed by atoms with Crippen molar-refractivity contribution in [1.29, 1.82) is 0 Å². The molecule has 0 unspecified atom stereocenters. The number of rotatable bonds is 0. The van der Waals surface area contributed by atoms with Gasteiger partial charge >= 0.3 is 5.69 Å². The van der Waals surface area contributed by atoms with Gasteiger partial charge in [0.05, 0.1) is 0 Å². The first-order chi connectivity index (χ1) is 3.39. The van der Waals surface area contributed by atoms with Crippen LogP contribution in [0.5, 0.6) is 0 Å². The molecule has 0 aliphatic carbocycles. The third-order valence-electron chi connectivity index (χ3n) is 0.581. The Morgan fingerprint density at radius 1 is 1.71 bits per heavy atom. The van der Waals surface area contributed by atoms with E-state index < -0.39 is 0 Å². The fourth-order valence-corrected chi connectivity index (χ4v) is 0.310. The molecule has 0 radical (unpaired) electrons. The minimum atomic E-state index is -0.303.